The van der Waals surface area contributed by atoms with E-state index in [0.717, 1.165) is 38.8 Å². The van der Waals surface area contributed by atoms with Crippen LogP contribution in [0.5, 0.6) is 0 Å². The Morgan fingerprint density at radius 2 is 1.88 bits per heavy atom. The number of carbonyl (C=O) groups excluding carboxylic acids is 2. The summed E-state index contributed by atoms with van der Waals surface area (Å²) in [5.41, 5.74) is 0. The quantitative estimate of drug-likeness (QED) is 0.687. The number of amides is 1. The van der Waals surface area contributed by atoms with Gasteiger partial charge in [0.25, 0.3) is 0 Å². The number of hydrogen-bond acceptors (Lipinski definition) is 6. The molecule has 0 aromatic heterocycles. The van der Waals surface area contributed by atoms with Gasteiger partial charge in [0.2, 0.25) is 5.91 Å². The van der Waals surface area contributed by atoms with Gasteiger partial charge in [0.05, 0.1) is 26.4 Å². The first-order valence-electron chi connectivity index (χ1n) is 9.60. The van der Waals surface area contributed by atoms with Crippen molar-refractivity contribution >= 4 is 11.9 Å². The van der Waals surface area contributed by atoms with Crippen LogP contribution in [0.4, 0.5) is 0 Å². The molecule has 0 bridgehead atoms. The molecule has 0 spiro atoms. The summed E-state index contributed by atoms with van der Waals surface area (Å²) in [7, 11) is 0. The Morgan fingerprint density at radius 3 is 2.64 bits per heavy atom. The van der Waals surface area contributed by atoms with Crippen LogP contribution in [0.25, 0.3) is 0 Å². The third kappa shape index (κ3) is 4.71. The van der Waals surface area contributed by atoms with Gasteiger partial charge in [0.15, 0.2) is 6.29 Å². The monoisotopic (exact) mass is 354 g/mol. The first kappa shape index (κ1) is 18.6. The van der Waals surface area contributed by atoms with E-state index in [9.17, 15) is 9.59 Å². The van der Waals surface area contributed by atoms with Crippen molar-refractivity contribution in [2.45, 2.75) is 51.4 Å². The van der Waals surface area contributed by atoms with Crippen LogP contribution < -0.4 is 0 Å². The number of likely N-dealkylation sites (tertiary alicyclic amines) is 2. The lowest BCUT2D eigenvalue weighted by molar-refractivity contribution is -0.157. The smallest absolute Gasteiger partial charge is 0.328 e. The normalized spacial score (nSPS) is 28.9. The van der Waals surface area contributed by atoms with Crippen LogP contribution in [0.15, 0.2) is 0 Å². The van der Waals surface area contributed by atoms with Crippen molar-refractivity contribution in [2.75, 3.05) is 46.0 Å². The van der Waals surface area contributed by atoms with Gasteiger partial charge < -0.3 is 19.1 Å². The molecule has 0 saturated carbocycles. The SMILES string of the molecule is CCOC(=O)C1CCCCN1C(=O)CN1CCCC(C2OCCO2)C1. The van der Waals surface area contributed by atoms with Crippen LogP contribution in [-0.2, 0) is 23.8 Å². The number of hydrogen-bond donors (Lipinski definition) is 0. The minimum absolute atomic E-state index is 0.0339. The number of nitrogens with zero attached hydrogens (tertiary/aromatic N) is 2. The molecule has 0 radical (unpaired) electrons. The first-order chi connectivity index (χ1) is 12.2. The zero-order chi connectivity index (χ0) is 17.6. The predicted molar refractivity (Wildman–Crippen MR) is 90.8 cm³/mol. The Balaban J connectivity index is 1.55. The Labute approximate surface area is 149 Å². The summed E-state index contributed by atoms with van der Waals surface area (Å²) >= 11 is 0. The van der Waals surface area contributed by atoms with E-state index >= 15 is 0 Å². The van der Waals surface area contributed by atoms with Gasteiger partial charge in [-0.05, 0) is 45.6 Å². The van der Waals surface area contributed by atoms with Gasteiger partial charge in [-0.1, -0.05) is 0 Å². The second kappa shape index (κ2) is 8.96. The summed E-state index contributed by atoms with van der Waals surface area (Å²) in [4.78, 5) is 28.9. The highest BCUT2D eigenvalue weighted by atomic mass is 16.7. The van der Waals surface area contributed by atoms with Crippen LogP contribution >= 0.6 is 0 Å². The molecule has 0 aromatic rings. The molecule has 142 valence electrons. The molecule has 3 rings (SSSR count). The summed E-state index contributed by atoms with van der Waals surface area (Å²) in [5.74, 6) is 0.0951. The fourth-order valence-corrected chi connectivity index (χ4v) is 4.10. The highest BCUT2D eigenvalue weighted by molar-refractivity contribution is 5.85. The zero-order valence-electron chi connectivity index (χ0n) is 15.2. The van der Waals surface area contributed by atoms with Crippen molar-refractivity contribution in [3.05, 3.63) is 0 Å². The summed E-state index contributed by atoms with van der Waals surface area (Å²) in [6.45, 7) is 6.21. The van der Waals surface area contributed by atoms with E-state index in [1.807, 2.05) is 0 Å². The van der Waals surface area contributed by atoms with Crippen molar-refractivity contribution < 1.29 is 23.8 Å². The molecule has 3 aliphatic rings. The summed E-state index contributed by atoms with van der Waals surface area (Å²) in [5, 5.41) is 0. The van der Waals surface area contributed by atoms with Crippen LogP contribution in [0.1, 0.15) is 39.0 Å². The number of esters is 1. The highest BCUT2D eigenvalue weighted by Crippen LogP contribution is 2.25. The molecular formula is C18H30N2O5. The van der Waals surface area contributed by atoms with E-state index in [1.165, 1.54) is 0 Å². The van der Waals surface area contributed by atoms with Crippen LogP contribution in [0.3, 0.4) is 0 Å². The molecule has 3 aliphatic heterocycles. The molecule has 0 aliphatic carbocycles. The Hall–Kier alpha value is -1.18. The molecule has 7 heteroatoms. The molecule has 1 amide bonds. The molecule has 25 heavy (non-hydrogen) atoms. The molecule has 7 nitrogen and oxygen atoms in total. The van der Waals surface area contributed by atoms with Gasteiger partial charge in [0, 0.05) is 19.0 Å². The van der Waals surface area contributed by atoms with Gasteiger partial charge in [-0.25, -0.2) is 4.79 Å². The summed E-state index contributed by atoms with van der Waals surface area (Å²) < 4.78 is 16.4. The van der Waals surface area contributed by atoms with Crippen molar-refractivity contribution in [3.63, 3.8) is 0 Å². The van der Waals surface area contributed by atoms with Crippen LogP contribution in [-0.4, -0.2) is 80.0 Å². The van der Waals surface area contributed by atoms with E-state index in [1.54, 1.807) is 11.8 Å². The lowest BCUT2D eigenvalue weighted by Crippen LogP contribution is -2.53. The van der Waals surface area contributed by atoms with Crippen LogP contribution in [0, 0.1) is 5.92 Å². The molecule has 3 fully saturated rings. The van der Waals surface area contributed by atoms with Gasteiger partial charge >= 0.3 is 5.97 Å². The number of piperidine rings is 2. The van der Waals surface area contributed by atoms with E-state index in [-0.39, 0.29) is 18.2 Å². The van der Waals surface area contributed by atoms with E-state index in [2.05, 4.69) is 4.90 Å². The Morgan fingerprint density at radius 1 is 1.08 bits per heavy atom. The topological polar surface area (TPSA) is 68.3 Å². The first-order valence-corrected chi connectivity index (χ1v) is 9.60. The van der Waals surface area contributed by atoms with Crippen molar-refractivity contribution in [3.8, 4) is 0 Å². The minimum Gasteiger partial charge on any atom is -0.464 e. The van der Waals surface area contributed by atoms with Gasteiger partial charge in [-0.2, -0.15) is 0 Å². The average molecular weight is 354 g/mol. The third-order valence-electron chi connectivity index (χ3n) is 5.32. The van der Waals surface area contributed by atoms with E-state index in [0.29, 0.717) is 45.2 Å². The van der Waals surface area contributed by atoms with Gasteiger partial charge in [-0.3, -0.25) is 9.69 Å². The van der Waals surface area contributed by atoms with Gasteiger partial charge in [0.1, 0.15) is 6.04 Å². The standard InChI is InChI=1S/C18H30N2O5/c1-2-23-17(22)15-7-3-4-9-20(15)16(21)13-19-8-5-6-14(12-19)18-24-10-11-25-18/h14-15,18H,2-13H2,1H3. The number of rotatable bonds is 5. The maximum atomic E-state index is 12.8. The summed E-state index contributed by atoms with van der Waals surface area (Å²) in [6, 6.07) is -0.414. The zero-order valence-corrected chi connectivity index (χ0v) is 15.2. The second-order valence-corrected chi connectivity index (χ2v) is 7.10. The van der Waals surface area contributed by atoms with Crippen molar-refractivity contribution in [1.82, 2.24) is 9.80 Å². The highest BCUT2D eigenvalue weighted by Gasteiger charge is 2.36. The molecular weight excluding hydrogens is 324 g/mol. The molecule has 3 saturated heterocycles. The fourth-order valence-electron chi connectivity index (χ4n) is 4.10. The van der Waals surface area contributed by atoms with Crippen molar-refractivity contribution in [1.29, 1.82) is 0 Å². The van der Waals surface area contributed by atoms with Crippen LogP contribution in [0.2, 0.25) is 0 Å². The van der Waals surface area contributed by atoms with E-state index < -0.39 is 6.04 Å². The van der Waals surface area contributed by atoms with E-state index in [4.69, 9.17) is 14.2 Å². The maximum absolute atomic E-state index is 12.8. The Bertz CT molecular complexity index is 466. The predicted octanol–water partition coefficient (Wildman–Crippen LogP) is 1.02. The number of carbonyl (C=O) groups is 2. The Kier molecular flexibility index (Phi) is 6.67. The molecule has 0 N–H and O–H groups in total. The molecule has 3 heterocycles. The van der Waals surface area contributed by atoms with Gasteiger partial charge in [-0.15, -0.1) is 0 Å². The maximum Gasteiger partial charge on any atom is 0.328 e. The molecule has 2 unspecified atom stereocenters. The third-order valence-corrected chi connectivity index (χ3v) is 5.32. The van der Waals surface area contributed by atoms with Crippen molar-refractivity contribution in [2.24, 2.45) is 5.92 Å². The fraction of sp³-hybridized carbons (Fsp3) is 0.889. The minimum atomic E-state index is -0.414. The molecule has 0 aromatic carbocycles. The second-order valence-electron chi connectivity index (χ2n) is 7.10. The lowest BCUT2D eigenvalue weighted by Gasteiger charge is -2.38. The summed E-state index contributed by atoms with van der Waals surface area (Å²) in [6.07, 6.45) is 4.62. The molecule has 2 atom stereocenters. The average Bonchev–Trinajstić information content (AvgIpc) is 3.17. The largest absolute Gasteiger partial charge is 0.464 e. The lowest BCUT2D eigenvalue weighted by atomic mass is 9.97. The number of ether oxygens (including phenoxy) is 3.